The maximum atomic E-state index is 13.7. The number of carbonyl (C=O) groups is 1. The van der Waals surface area contributed by atoms with Gasteiger partial charge in [0.15, 0.2) is 0 Å². The first-order valence-corrected chi connectivity index (χ1v) is 13.4. The Morgan fingerprint density at radius 2 is 1.69 bits per heavy atom. The number of benzene rings is 2. The van der Waals surface area contributed by atoms with Crippen molar-refractivity contribution in [2.45, 2.75) is 41.7 Å². The lowest BCUT2D eigenvalue weighted by atomic mass is 9.88. The standard InChI is InChI=1S/C26H19F7N4O4S/c27-18-4-8-21(9-5-18)42(40,41)37-20(14-36-23(38)16-1-6-19(12-34)35-13-16)7-2-15-11-17(3-10-22(15)37)24(39,25(28,29)30)26(31,32)33/h1,3-6,8-11,13,20,39H,2,7,14H2,(H,36,38)/t20-/m0/s1. The van der Waals surface area contributed by atoms with E-state index in [2.05, 4.69) is 10.3 Å². The van der Waals surface area contributed by atoms with Crippen molar-refractivity contribution in [3.05, 3.63) is 89.0 Å². The lowest BCUT2D eigenvalue weighted by Crippen LogP contribution is -2.54. The number of halogens is 7. The molecular weight excluding hydrogens is 597 g/mol. The van der Waals surface area contributed by atoms with Gasteiger partial charge in [0.1, 0.15) is 17.6 Å². The van der Waals surface area contributed by atoms with E-state index in [4.69, 9.17) is 5.26 Å². The molecule has 0 fully saturated rings. The molecule has 1 amide bonds. The third-order valence-electron chi connectivity index (χ3n) is 6.64. The molecule has 222 valence electrons. The molecule has 42 heavy (non-hydrogen) atoms. The van der Waals surface area contributed by atoms with E-state index in [0.29, 0.717) is 18.2 Å². The van der Waals surface area contributed by atoms with Gasteiger partial charge >= 0.3 is 12.4 Å². The number of aromatic nitrogens is 1. The number of amides is 1. The van der Waals surface area contributed by atoms with Crippen LogP contribution in [-0.4, -0.2) is 49.4 Å². The Kier molecular flexibility index (Phi) is 7.96. The van der Waals surface area contributed by atoms with E-state index < -0.39 is 56.2 Å². The van der Waals surface area contributed by atoms with E-state index in [9.17, 15) is 49.1 Å². The summed E-state index contributed by atoms with van der Waals surface area (Å²) in [5.41, 5.74) is -7.25. The molecule has 1 aliphatic heterocycles. The van der Waals surface area contributed by atoms with Crippen molar-refractivity contribution in [2.24, 2.45) is 0 Å². The number of nitriles is 1. The van der Waals surface area contributed by atoms with Crippen LogP contribution in [0.25, 0.3) is 0 Å². The number of nitrogens with one attached hydrogen (secondary N) is 1. The van der Waals surface area contributed by atoms with Gasteiger partial charge in [-0.1, -0.05) is 12.1 Å². The zero-order valence-corrected chi connectivity index (χ0v) is 21.9. The van der Waals surface area contributed by atoms with Crippen molar-refractivity contribution in [1.29, 1.82) is 5.26 Å². The van der Waals surface area contributed by atoms with Crippen molar-refractivity contribution in [3.63, 3.8) is 0 Å². The summed E-state index contributed by atoms with van der Waals surface area (Å²) < 4.78 is 123. The van der Waals surface area contributed by atoms with Crippen molar-refractivity contribution in [1.82, 2.24) is 10.3 Å². The number of hydrogen-bond donors (Lipinski definition) is 2. The summed E-state index contributed by atoms with van der Waals surface area (Å²) in [6.07, 6.45) is -11.6. The second-order valence-corrected chi connectivity index (χ2v) is 11.1. The van der Waals surface area contributed by atoms with E-state index in [1.165, 1.54) is 12.1 Å². The number of alkyl halides is 6. The van der Waals surface area contributed by atoms with Crippen LogP contribution in [0.15, 0.2) is 65.7 Å². The number of hydrogen-bond acceptors (Lipinski definition) is 6. The molecule has 2 heterocycles. The molecule has 3 aromatic rings. The van der Waals surface area contributed by atoms with Crippen molar-refractivity contribution < 1.29 is 49.1 Å². The summed E-state index contributed by atoms with van der Waals surface area (Å²) in [5, 5.41) is 21.2. The first-order valence-electron chi connectivity index (χ1n) is 11.9. The lowest BCUT2D eigenvalue weighted by Gasteiger charge is -2.39. The summed E-state index contributed by atoms with van der Waals surface area (Å²) in [4.78, 5) is 16.0. The summed E-state index contributed by atoms with van der Waals surface area (Å²) in [6, 6.07) is 8.31. The Hall–Kier alpha value is -4.23. The number of carbonyl (C=O) groups excluding carboxylic acids is 1. The van der Waals surface area contributed by atoms with Gasteiger partial charge in [0, 0.05) is 18.3 Å². The summed E-state index contributed by atoms with van der Waals surface area (Å²) >= 11 is 0. The smallest absolute Gasteiger partial charge is 0.369 e. The molecular formula is C26H19F7N4O4S. The molecule has 2 aromatic carbocycles. The van der Waals surface area contributed by atoms with Crippen LogP contribution in [0.5, 0.6) is 0 Å². The highest BCUT2D eigenvalue weighted by Gasteiger charge is 2.71. The fraction of sp³-hybridized carbons (Fsp3) is 0.269. The zero-order chi connectivity index (χ0) is 31.1. The quantitative estimate of drug-likeness (QED) is 0.398. The molecule has 0 saturated carbocycles. The third-order valence-corrected chi connectivity index (χ3v) is 8.52. The van der Waals surface area contributed by atoms with Crippen LogP contribution in [0, 0.1) is 17.1 Å². The van der Waals surface area contributed by atoms with Crippen LogP contribution in [0.1, 0.15) is 33.6 Å². The molecule has 4 rings (SSSR count). The SMILES string of the molecule is N#Cc1ccc(C(=O)NC[C@@H]2CCc3cc(C(O)(C(F)(F)F)C(F)(F)F)ccc3N2S(=O)(=O)c2ccc(F)cc2)cn1. The molecule has 0 radical (unpaired) electrons. The van der Waals surface area contributed by atoms with Gasteiger partial charge in [0.2, 0.25) is 0 Å². The Labute approximate surface area is 234 Å². The van der Waals surface area contributed by atoms with E-state index in [-0.39, 0.29) is 41.9 Å². The highest BCUT2D eigenvalue weighted by atomic mass is 32.2. The number of sulfonamides is 1. The zero-order valence-electron chi connectivity index (χ0n) is 21.0. The third kappa shape index (κ3) is 5.49. The van der Waals surface area contributed by atoms with E-state index in [1.807, 2.05) is 0 Å². The second-order valence-electron chi connectivity index (χ2n) is 9.25. The molecule has 0 aliphatic carbocycles. The Balaban J connectivity index is 1.76. The van der Waals surface area contributed by atoms with Gasteiger partial charge in [-0.25, -0.2) is 17.8 Å². The fourth-order valence-corrected chi connectivity index (χ4v) is 6.20. The predicted octanol–water partition coefficient (Wildman–Crippen LogP) is 4.34. The van der Waals surface area contributed by atoms with Crippen LogP contribution in [-0.2, 0) is 22.0 Å². The summed E-state index contributed by atoms with van der Waals surface area (Å²) in [6.45, 7) is -0.352. The largest absolute Gasteiger partial charge is 0.430 e. The Morgan fingerprint density at radius 3 is 2.24 bits per heavy atom. The summed E-state index contributed by atoms with van der Waals surface area (Å²) in [7, 11) is -4.61. The number of fused-ring (bicyclic) bond motifs is 1. The minimum Gasteiger partial charge on any atom is -0.369 e. The average molecular weight is 617 g/mol. The number of rotatable bonds is 6. The Morgan fingerprint density at radius 1 is 1.05 bits per heavy atom. The minimum atomic E-state index is -6.15. The normalized spacial score (nSPS) is 16.0. The van der Waals surface area contributed by atoms with Gasteiger partial charge < -0.3 is 10.4 Å². The number of aryl methyl sites for hydroxylation is 1. The molecule has 1 aromatic heterocycles. The van der Waals surface area contributed by atoms with E-state index in [0.717, 1.165) is 34.8 Å². The molecule has 0 spiro atoms. The second kappa shape index (κ2) is 10.9. The predicted molar refractivity (Wildman–Crippen MR) is 132 cm³/mol. The maximum Gasteiger partial charge on any atom is 0.430 e. The van der Waals surface area contributed by atoms with Gasteiger partial charge in [-0.15, -0.1) is 0 Å². The highest BCUT2D eigenvalue weighted by Crippen LogP contribution is 2.51. The van der Waals surface area contributed by atoms with Crippen LogP contribution >= 0.6 is 0 Å². The van der Waals surface area contributed by atoms with Crippen LogP contribution in [0.2, 0.25) is 0 Å². The lowest BCUT2D eigenvalue weighted by molar-refractivity contribution is -0.376. The van der Waals surface area contributed by atoms with Crippen molar-refractivity contribution in [3.8, 4) is 6.07 Å². The van der Waals surface area contributed by atoms with Crippen molar-refractivity contribution in [2.75, 3.05) is 10.8 Å². The molecule has 0 bridgehead atoms. The van der Waals surface area contributed by atoms with Gasteiger partial charge in [0.05, 0.1) is 22.2 Å². The molecule has 0 unspecified atom stereocenters. The van der Waals surface area contributed by atoms with Crippen LogP contribution < -0.4 is 9.62 Å². The molecule has 1 atom stereocenters. The average Bonchev–Trinajstić information content (AvgIpc) is 2.93. The topological polar surface area (TPSA) is 123 Å². The first kappa shape index (κ1) is 30.7. The van der Waals surface area contributed by atoms with E-state index >= 15 is 0 Å². The number of nitrogens with zero attached hydrogens (tertiary/aromatic N) is 3. The summed E-state index contributed by atoms with van der Waals surface area (Å²) in [5.74, 6) is -1.47. The van der Waals surface area contributed by atoms with Gasteiger partial charge in [0.25, 0.3) is 21.5 Å². The fourth-order valence-electron chi connectivity index (χ4n) is 4.49. The molecule has 1 aliphatic rings. The van der Waals surface area contributed by atoms with E-state index in [1.54, 1.807) is 6.07 Å². The maximum absolute atomic E-state index is 13.7. The molecule has 16 heteroatoms. The van der Waals surface area contributed by atoms with Crippen LogP contribution in [0.3, 0.4) is 0 Å². The Bertz CT molecular complexity index is 1620. The monoisotopic (exact) mass is 616 g/mol. The molecule has 2 N–H and O–H groups in total. The van der Waals surface area contributed by atoms with Gasteiger partial charge in [-0.3, -0.25) is 9.10 Å². The number of anilines is 1. The molecule has 8 nitrogen and oxygen atoms in total. The van der Waals surface area contributed by atoms with Crippen LogP contribution in [0.4, 0.5) is 36.4 Å². The number of aliphatic hydroxyl groups is 1. The highest BCUT2D eigenvalue weighted by molar-refractivity contribution is 7.92. The molecule has 0 saturated heterocycles. The van der Waals surface area contributed by atoms with Gasteiger partial charge in [-0.2, -0.15) is 31.6 Å². The first-order chi connectivity index (χ1) is 19.5. The van der Waals surface area contributed by atoms with Gasteiger partial charge in [-0.05, 0) is 60.9 Å². The minimum absolute atomic E-state index is 0.0291. The van der Waals surface area contributed by atoms with Crippen molar-refractivity contribution >= 4 is 21.6 Å². The number of pyridine rings is 1.